The summed E-state index contributed by atoms with van der Waals surface area (Å²) in [4.78, 5) is 2.57. The van der Waals surface area contributed by atoms with E-state index in [4.69, 9.17) is 0 Å². The predicted octanol–water partition coefficient (Wildman–Crippen LogP) is 2.18. The third-order valence-electron chi connectivity index (χ3n) is 2.10. The van der Waals surface area contributed by atoms with Crippen molar-refractivity contribution >= 4 is 11.8 Å². The maximum atomic E-state index is 2.57. The Morgan fingerprint density at radius 1 is 1.40 bits per heavy atom. The van der Waals surface area contributed by atoms with Gasteiger partial charge in [-0.2, -0.15) is 0 Å². The lowest BCUT2D eigenvalue weighted by Crippen LogP contribution is -2.38. The number of rotatable bonds is 1. The van der Waals surface area contributed by atoms with E-state index in [-0.39, 0.29) is 0 Å². The van der Waals surface area contributed by atoms with E-state index in [1.54, 1.807) is 0 Å². The van der Waals surface area contributed by atoms with Crippen molar-refractivity contribution in [2.24, 2.45) is 0 Å². The third kappa shape index (κ3) is 1.48. The van der Waals surface area contributed by atoms with Gasteiger partial charge in [0.25, 0.3) is 0 Å². The van der Waals surface area contributed by atoms with E-state index < -0.39 is 0 Å². The van der Waals surface area contributed by atoms with Crippen molar-refractivity contribution in [2.75, 3.05) is 5.75 Å². The fourth-order valence-electron chi connectivity index (χ4n) is 1.74. The highest BCUT2D eigenvalue weighted by atomic mass is 32.2. The highest BCUT2D eigenvalue weighted by Gasteiger charge is 2.29. The smallest absolute Gasteiger partial charge is 0.0534 e. The number of hydrogen-bond donors (Lipinski definition) is 0. The molecule has 0 saturated carbocycles. The lowest BCUT2D eigenvalue weighted by atomic mass is 10.2. The van der Waals surface area contributed by atoms with Gasteiger partial charge in [0.2, 0.25) is 0 Å². The molecule has 1 saturated heterocycles. The van der Waals surface area contributed by atoms with Crippen LogP contribution in [-0.4, -0.2) is 28.1 Å². The Labute approximate surface area is 68.2 Å². The van der Waals surface area contributed by atoms with E-state index in [0.29, 0.717) is 6.04 Å². The largest absolute Gasteiger partial charge is 0.286 e. The van der Waals surface area contributed by atoms with Crippen LogP contribution in [0.5, 0.6) is 0 Å². The number of thioether (sulfide) groups is 1. The van der Waals surface area contributed by atoms with Gasteiger partial charge in [0.1, 0.15) is 0 Å². The van der Waals surface area contributed by atoms with Crippen LogP contribution in [0.15, 0.2) is 0 Å². The topological polar surface area (TPSA) is 3.24 Å². The average Bonchev–Trinajstić information content (AvgIpc) is 2.11. The first-order valence-electron chi connectivity index (χ1n) is 4.02. The minimum absolute atomic E-state index is 0.708. The van der Waals surface area contributed by atoms with Crippen molar-refractivity contribution in [3.63, 3.8) is 0 Å². The molecule has 1 nitrogen and oxygen atoms in total. The Balaban J connectivity index is 2.54. The second kappa shape index (κ2) is 3.14. The molecule has 0 spiro atoms. The van der Waals surface area contributed by atoms with Gasteiger partial charge in [-0.3, -0.25) is 4.90 Å². The summed E-state index contributed by atoms with van der Waals surface area (Å²) in [6.07, 6.45) is 0. The minimum atomic E-state index is 0.708. The fourth-order valence-corrected chi connectivity index (χ4v) is 3.09. The molecule has 0 radical (unpaired) electrons. The van der Waals surface area contributed by atoms with Crippen molar-refractivity contribution in [3.8, 4) is 0 Å². The SMILES string of the molecule is CC(C)N1C(C)CSC1C. The summed E-state index contributed by atoms with van der Waals surface area (Å²) < 4.78 is 0. The van der Waals surface area contributed by atoms with Gasteiger partial charge in [-0.1, -0.05) is 0 Å². The first-order chi connectivity index (χ1) is 4.63. The van der Waals surface area contributed by atoms with Gasteiger partial charge in [0, 0.05) is 17.8 Å². The fraction of sp³-hybridized carbons (Fsp3) is 1.00. The molecular formula is C8H17NS. The first kappa shape index (κ1) is 8.41. The second-order valence-corrected chi connectivity index (χ2v) is 4.67. The van der Waals surface area contributed by atoms with Crippen LogP contribution in [0.4, 0.5) is 0 Å². The maximum Gasteiger partial charge on any atom is 0.0534 e. The predicted molar refractivity (Wildman–Crippen MR) is 48.4 cm³/mol. The van der Waals surface area contributed by atoms with Crippen LogP contribution in [0, 0.1) is 0 Å². The molecule has 0 aromatic heterocycles. The summed E-state index contributed by atoms with van der Waals surface area (Å²) in [5.41, 5.74) is 0. The normalized spacial score (nSPS) is 35.7. The Hall–Kier alpha value is 0.310. The monoisotopic (exact) mass is 159 g/mol. The van der Waals surface area contributed by atoms with Crippen molar-refractivity contribution in [1.82, 2.24) is 4.90 Å². The molecule has 1 rings (SSSR count). The van der Waals surface area contributed by atoms with Crippen LogP contribution in [-0.2, 0) is 0 Å². The summed E-state index contributed by atoms with van der Waals surface area (Å²) >= 11 is 2.07. The molecule has 0 amide bonds. The van der Waals surface area contributed by atoms with Crippen molar-refractivity contribution in [2.45, 2.75) is 45.2 Å². The Bertz CT molecular complexity index is 104. The first-order valence-corrected chi connectivity index (χ1v) is 5.07. The zero-order valence-electron chi connectivity index (χ0n) is 7.29. The quantitative estimate of drug-likeness (QED) is 0.577. The molecule has 0 aliphatic carbocycles. The van der Waals surface area contributed by atoms with Gasteiger partial charge >= 0.3 is 0 Å². The molecule has 2 atom stereocenters. The molecule has 1 aliphatic heterocycles. The van der Waals surface area contributed by atoms with E-state index in [0.717, 1.165) is 11.4 Å². The summed E-state index contributed by atoms with van der Waals surface area (Å²) in [7, 11) is 0. The van der Waals surface area contributed by atoms with E-state index >= 15 is 0 Å². The summed E-state index contributed by atoms with van der Waals surface area (Å²) in [6, 6.07) is 1.49. The maximum absolute atomic E-state index is 2.57. The standard InChI is InChI=1S/C8H17NS/c1-6(2)9-7(3)5-10-8(9)4/h6-8H,5H2,1-4H3. The lowest BCUT2D eigenvalue weighted by Gasteiger charge is -2.28. The van der Waals surface area contributed by atoms with E-state index in [9.17, 15) is 0 Å². The van der Waals surface area contributed by atoms with Gasteiger partial charge in [0.05, 0.1) is 5.37 Å². The summed E-state index contributed by atoms with van der Waals surface area (Å²) in [6.45, 7) is 9.17. The van der Waals surface area contributed by atoms with Crippen LogP contribution in [0.2, 0.25) is 0 Å². The molecular weight excluding hydrogens is 142 g/mol. The Kier molecular flexibility index (Phi) is 2.64. The van der Waals surface area contributed by atoms with E-state index in [2.05, 4.69) is 44.4 Å². The number of nitrogens with zero attached hydrogens (tertiary/aromatic N) is 1. The highest BCUT2D eigenvalue weighted by molar-refractivity contribution is 8.00. The molecule has 0 aromatic rings. The van der Waals surface area contributed by atoms with Gasteiger partial charge in [-0.05, 0) is 27.7 Å². The molecule has 2 unspecified atom stereocenters. The van der Waals surface area contributed by atoms with Crippen molar-refractivity contribution in [1.29, 1.82) is 0 Å². The van der Waals surface area contributed by atoms with Gasteiger partial charge in [0.15, 0.2) is 0 Å². The third-order valence-corrected chi connectivity index (χ3v) is 3.50. The highest BCUT2D eigenvalue weighted by Crippen LogP contribution is 2.29. The minimum Gasteiger partial charge on any atom is -0.286 e. The van der Waals surface area contributed by atoms with Gasteiger partial charge in [-0.15, -0.1) is 11.8 Å². The van der Waals surface area contributed by atoms with Crippen LogP contribution in [0.3, 0.4) is 0 Å². The van der Waals surface area contributed by atoms with E-state index in [1.165, 1.54) is 5.75 Å². The lowest BCUT2D eigenvalue weighted by molar-refractivity contribution is 0.185. The molecule has 10 heavy (non-hydrogen) atoms. The molecule has 0 bridgehead atoms. The number of hydrogen-bond acceptors (Lipinski definition) is 2. The molecule has 1 fully saturated rings. The Morgan fingerprint density at radius 3 is 2.20 bits per heavy atom. The molecule has 2 heteroatoms. The summed E-state index contributed by atoms with van der Waals surface area (Å²) in [5, 5.41) is 0.731. The molecule has 0 aromatic carbocycles. The molecule has 1 heterocycles. The van der Waals surface area contributed by atoms with Crippen LogP contribution in [0.1, 0.15) is 27.7 Å². The van der Waals surface area contributed by atoms with Gasteiger partial charge < -0.3 is 0 Å². The van der Waals surface area contributed by atoms with Gasteiger partial charge in [-0.25, -0.2) is 0 Å². The van der Waals surface area contributed by atoms with Crippen molar-refractivity contribution in [3.05, 3.63) is 0 Å². The van der Waals surface area contributed by atoms with E-state index in [1.807, 2.05) is 0 Å². The molecule has 1 aliphatic rings. The van der Waals surface area contributed by atoms with Crippen LogP contribution in [0.25, 0.3) is 0 Å². The zero-order chi connectivity index (χ0) is 7.72. The van der Waals surface area contributed by atoms with Crippen molar-refractivity contribution < 1.29 is 0 Å². The zero-order valence-corrected chi connectivity index (χ0v) is 8.11. The average molecular weight is 159 g/mol. The summed E-state index contributed by atoms with van der Waals surface area (Å²) in [5.74, 6) is 1.30. The Morgan fingerprint density at radius 2 is 2.00 bits per heavy atom. The van der Waals surface area contributed by atoms with Crippen LogP contribution >= 0.6 is 11.8 Å². The second-order valence-electron chi connectivity index (χ2n) is 3.32. The van der Waals surface area contributed by atoms with Crippen LogP contribution < -0.4 is 0 Å². The molecule has 0 N–H and O–H groups in total. The molecule has 60 valence electrons.